The number of amides is 1. The number of primary amides is 1. The first-order valence-electron chi connectivity index (χ1n) is 7.49. The molecule has 0 bridgehead atoms. The van der Waals surface area contributed by atoms with Crippen LogP contribution in [0, 0.1) is 0 Å². The van der Waals surface area contributed by atoms with Gasteiger partial charge >= 0.3 is 0 Å². The highest BCUT2D eigenvalue weighted by atomic mass is 16.1. The van der Waals surface area contributed by atoms with Crippen LogP contribution in [0.25, 0.3) is 16.9 Å². The van der Waals surface area contributed by atoms with E-state index >= 15 is 0 Å². The van der Waals surface area contributed by atoms with E-state index in [0.29, 0.717) is 22.8 Å². The molecule has 3 N–H and O–H groups in total. The van der Waals surface area contributed by atoms with Crippen LogP contribution in [0.1, 0.15) is 10.4 Å². The molecule has 3 aromatic heterocycles. The summed E-state index contributed by atoms with van der Waals surface area (Å²) in [6, 6.07) is 12.4. The number of hydrogen-bond donors (Lipinski definition) is 2. The molecule has 0 saturated heterocycles. The third kappa shape index (κ3) is 2.76. The summed E-state index contributed by atoms with van der Waals surface area (Å²) in [7, 11) is 0. The summed E-state index contributed by atoms with van der Waals surface area (Å²) in [5.41, 5.74) is 7.11. The van der Waals surface area contributed by atoms with Crippen LogP contribution in [0.5, 0.6) is 0 Å². The molecule has 122 valence electrons. The first kappa shape index (κ1) is 14.8. The van der Waals surface area contributed by atoms with Crippen molar-refractivity contribution in [3.8, 4) is 5.82 Å². The number of nitrogens with one attached hydrogen (secondary N) is 1. The lowest BCUT2D eigenvalue weighted by Crippen LogP contribution is -2.10. The molecule has 1 aromatic carbocycles. The van der Waals surface area contributed by atoms with Crippen molar-refractivity contribution >= 4 is 28.4 Å². The van der Waals surface area contributed by atoms with E-state index in [-0.39, 0.29) is 0 Å². The maximum atomic E-state index is 11.1. The molecule has 0 atom stereocenters. The molecule has 0 fully saturated rings. The molecule has 0 aliphatic carbocycles. The zero-order chi connectivity index (χ0) is 17.2. The highest BCUT2D eigenvalue weighted by Gasteiger charge is 2.12. The van der Waals surface area contributed by atoms with Crippen molar-refractivity contribution in [2.45, 2.75) is 0 Å². The number of anilines is 2. The molecule has 25 heavy (non-hydrogen) atoms. The Labute approximate surface area is 142 Å². The molecule has 4 aromatic rings. The quantitative estimate of drug-likeness (QED) is 0.592. The van der Waals surface area contributed by atoms with Crippen LogP contribution >= 0.6 is 0 Å². The summed E-state index contributed by atoms with van der Waals surface area (Å²) in [6.45, 7) is 0. The molecule has 0 unspecified atom stereocenters. The largest absolute Gasteiger partial charge is 0.366 e. The smallest absolute Gasteiger partial charge is 0.248 e. The van der Waals surface area contributed by atoms with Crippen LogP contribution in [0.15, 0.2) is 61.2 Å². The Balaban J connectivity index is 1.71. The maximum absolute atomic E-state index is 11.1. The van der Waals surface area contributed by atoms with Crippen molar-refractivity contribution in [3.63, 3.8) is 0 Å². The lowest BCUT2D eigenvalue weighted by Gasteiger charge is -2.07. The van der Waals surface area contributed by atoms with Crippen LogP contribution in [0.2, 0.25) is 0 Å². The summed E-state index contributed by atoms with van der Waals surface area (Å²) in [4.78, 5) is 24.0. The van der Waals surface area contributed by atoms with Crippen LogP contribution in [-0.4, -0.2) is 30.6 Å². The molecule has 0 spiro atoms. The van der Waals surface area contributed by atoms with Crippen molar-refractivity contribution in [2.75, 3.05) is 5.32 Å². The number of fused-ring (bicyclic) bond motifs is 1. The minimum atomic E-state index is -0.465. The Morgan fingerprint density at radius 1 is 1.04 bits per heavy atom. The van der Waals surface area contributed by atoms with Gasteiger partial charge in [0.25, 0.3) is 0 Å². The van der Waals surface area contributed by atoms with Crippen molar-refractivity contribution < 1.29 is 4.79 Å². The fourth-order valence-electron chi connectivity index (χ4n) is 2.44. The second kappa shape index (κ2) is 6.00. The lowest BCUT2D eigenvalue weighted by atomic mass is 10.2. The van der Waals surface area contributed by atoms with Gasteiger partial charge in [-0.1, -0.05) is 6.07 Å². The van der Waals surface area contributed by atoms with Gasteiger partial charge in [0.15, 0.2) is 11.5 Å². The van der Waals surface area contributed by atoms with E-state index in [1.165, 1.54) is 6.33 Å². The number of nitrogens with two attached hydrogens (primary N) is 1. The second-order valence-electron chi connectivity index (χ2n) is 5.27. The van der Waals surface area contributed by atoms with E-state index in [0.717, 1.165) is 11.1 Å². The van der Waals surface area contributed by atoms with Gasteiger partial charge in [-0.05, 0) is 36.4 Å². The number of hydrogen-bond acceptors (Lipinski definition) is 6. The van der Waals surface area contributed by atoms with E-state index in [2.05, 4.69) is 25.4 Å². The third-order valence-electron chi connectivity index (χ3n) is 3.66. The Morgan fingerprint density at radius 2 is 1.88 bits per heavy atom. The molecule has 0 saturated carbocycles. The van der Waals surface area contributed by atoms with Gasteiger partial charge in [-0.25, -0.2) is 15.0 Å². The number of pyridine rings is 1. The van der Waals surface area contributed by atoms with Crippen LogP contribution in [0.4, 0.5) is 11.5 Å². The Hall–Kier alpha value is -3.81. The fraction of sp³-hybridized carbons (Fsp3) is 0. The molecule has 0 aliphatic rings. The molecular formula is C17H13N7O. The van der Waals surface area contributed by atoms with E-state index in [1.807, 2.05) is 18.2 Å². The topological polar surface area (TPSA) is 112 Å². The van der Waals surface area contributed by atoms with Crippen LogP contribution < -0.4 is 11.1 Å². The van der Waals surface area contributed by atoms with Crippen molar-refractivity contribution in [3.05, 3.63) is 66.7 Å². The zero-order valence-electron chi connectivity index (χ0n) is 13.0. The lowest BCUT2D eigenvalue weighted by molar-refractivity contribution is 0.100. The Bertz CT molecular complexity index is 1040. The predicted molar refractivity (Wildman–Crippen MR) is 92.7 cm³/mol. The van der Waals surface area contributed by atoms with Gasteiger partial charge < -0.3 is 11.1 Å². The fourth-order valence-corrected chi connectivity index (χ4v) is 2.44. The summed E-state index contributed by atoms with van der Waals surface area (Å²) in [6.07, 6.45) is 4.84. The summed E-state index contributed by atoms with van der Waals surface area (Å²) < 4.78 is 1.65. The third-order valence-corrected chi connectivity index (χ3v) is 3.66. The van der Waals surface area contributed by atoms with Crippen LogP contribution in [0.3, 0.4) is 0 Å². The minimum absolute atomic E-state index is 0.446. The number of rotatable bonds is 4. The van der Waals surface area contributed by atoms with Gasteiger partial charge in [0.05, 0.1) is 11.6 Å². The molecular weight excluding hydrogens is 318 g/mol. The predicted octanol–water partition coefficient (Wildman–Crippen LogP) is 2.05. The molecule has 0 aliphatic heterocycles. The highest BCUT2D eigenvalue weighted by Crippen LogP contribution is 2.24. The average Bonchev–Trinajstić information content (AvgIpc) is 3.08. The molecule has 4 rings (SSSR count). The first-order chi connectivity index (χ1) is 12.2. The second-order valence-corrected chi connectivity index (χ2v) is 5.27. The molecule has 8 nitrogen and oxygen atoms in total. The zero-order valence-corrected chi connectivity index (χ0v) is 13.0. The highest BCUT2D eigenvalue weighted by molar-refractivity contribution is 5.93. The maximum Gasteiger partial charge on any atom is 0.248 e. The average molecular weight is 331 g/mol. The number of nitrogens with zero attached hydrogens (tertiary/aromatic N) is 5. The molecule has 0 radical (unpaired) electrons. The first-order valence-corrected chi connectivity index (χ1v) is 7.49. The van der Waals surface area contributed by atoms with Crippen molar-refractivity contribution in [1.29, 1.82) is 0 Å². The van der Waals surface area contributed by atoms with Gasteiger partial charge in [-0.2, -0.15) is 9.78 Å². The number of benzene rings is 1. The Kier molecular flexibility index (Phi) is 3.55. The van der Waals surface area contributed by atoms with E-state index in [1.54, 1.807) is 41.3 Å². The van der Waals surface area contributed by atoms with Crippen LogP contribution in [-0.2, 0) is 0 Å². The molecule has 8 heteroatoms. The monoisotopic (exact) mass is 331 g/mol. The number of carbonyl (C=O) groups excluding carboxylic acids is 1. The van der Waals surface area contributed by atoms with Gasteiger partial charge in [0.2, 0.25) is 5.91 Å². The van der Waals surface area contributed by atoms with Crippen molar-refractivity contribution in [1.82, 2.24) is 24.7 Å². The minimum Gasteiger partial charge on any atom is -0.366 e. The normalized spacial score (nSPS) is 10.7. The van der Waals surface area contributed by atoms with E-state index in [4.69, 9.17) is 5.73 Å². The van der Waals surface area contributed by atoms with Gasteiger partial charge in [0.1, 0.15) is 12.1 Å². The summed E-state index contributed by atoms with van der Waals surface area (Å²) in [5.74, 6) is 0.819. The summed E-state index contributed by atoms with van der Waals surface area (Å²) >= 11 is 0. The SMILES string of the molecule is NC(=O)c1ccc(Nc2ncnc3c2cnn3-c2ccccn2)cc1. The van der Waals surface area contributed by atoms with Crippen molar-refractivity contribution in [2.24, 2.45) is 5.73 Å². The van der Waals surface area contributed by atoms with E-state index < -0.39 is 5.91 Å². The molecule has 3 heterocycles. The summed E-state index contributed by atoms with van der Waals surface area (Å²) in [5, 5.41) is 8.31. The number of aromatic nitrogens is 5. The molecule has 1 amide bonds. The standard InChI is InChI=1S/C17H13N7O/c18-15(25)11-4-6-12(7-5-11)23-16-13-9-22-24(17(13)21-10-20-16)14-3-1-2-8-19-14/h1-10H,(H2,18,25)(H,20,21,23). The van der Waals surface area contributed by atoms with Gasteiger partial charge in [-0.15, -0.1) is 0 Å². The van der Waals surface area contributed by atoms with Gasteiger partial charge in [0, 0.05) is 17.4 Å². The van der Waals surface area contributed by atoms with E-state index in [9.17, 15) is 4.79 Å². The van der Waals surface area contributed by atoms with Gasteiger partial charge in [-0.3, -0.25) is 4.79 Å². The number of carbonyl (C=O) groups is 1. The Morgan fingerprint density at radius 3 is 2.60 bits per heavy atom.